The van der Waals surface area contributed by atoms with E-state index in [1.807, 2.05) is 0 Å². The highest BCUT2D eigenvalue weighted by atomic mass is 16.5. The van der Waals surface area contributed by atoms with Gasteiger partial charge in [-0.15, -0.1) is 0 Å². The van der Waals surface area contributed by atoms with Gasteiger partial charge < -0.3 is 9.84 Å². The van der Waals surface area contributed by atoms with Crippen molar-refractivity contribution in [1.82, 2.24) is 0 Å². The molecule has 0 radical (unpaired) electrons. The molecule has 0 heterocycles. The zero-order chi connectivity index (χ0) is 8.85. The zero-order valence-electron chi connectivity index (χ0n) is 7.07. The van der Waals surface area contributed by atoms with Crippen molar-refractivity contribution < 1.29 is 14.6 Å². The van der Waals surface area contributed by atoms with Crippen molar-refractivity contribution in [1.29, 1.82) is 0 Å². The smallest absolute Gasteiger partial charge is 0.312 e. The highest BCUT2D eigenvalue weighted by Gasteiger charge is 2.07. The van der Waals surface area contributed by atoms with Crippen LogP contribution < -0.4 is 0 Å². The lowest BCUT2D eigenvalue weighted by Gasteiger charge is -2.02. The molecule has 0 aliphatic carbocycles. The summed E-state index contributed by atoms with van der Waals surface area (Å²) in [6.07, 6.45) is 2.67. The summed E-state index contributed by atoms with van der Waals surface area (Å²) < 4.78 is 4.47. The Kier molecular flexibility index (Phi) is 4.54. The summed E-state index contributed by atoms with van der Waals surface area (Å²) in [4.78, 5) is 10.8. The fourth-order valence-electron chi connectivity index (χ4n) is 0.592. The molecule has 11 heavy (non-hydrogen) atoms. The molecule has 0 aliphatic heterocycles. The van der Waals surface area contributed by atoms with Crippen LogP contribution in [0.2, 0.25) is 0 Å². The second-order valence-corrected chi connectivity index (χ2v) is 2.44. The summed E-state index contributed by atoms with van der Waals surface area (Å²) in [5.74, 6) is -0.573. The zero-order valence-corrected chi connectivity index (χ0v) is 7.07. The molecule has 2 atom stereocenters. The number of aliphatic hydroxyl groups excluding tert-OH is 1. The Bertz CT molecular complexity index is 149. The standard InChI is InChI=1S/C8H14O3/c1-6(8(10)11-3)4-5-7(2)9/h4-7,9H,1-3H3/t6-,7-/m1/s1. The Morgan fingerprint density at radius 2 is 2.00 bits per heavy atom. The van der Waals surface area contributed by atoms with Gasteiger partial charge in [0.2, 0.25) is 0 Å². The van der Waals surface area contributed by atoms with Crippen LogP contribution in [0.25, 0.3) is 0 Å². The van der Waals surface area contributed by atoms with Crippen LogP contribution in [-0.4, -0.2) is 24.3 Å². The van der Waals surface area contributed by atoms with E-state index < -0.39 is 6.10 Å². The Labute approximate surface area is 66.7 Å². The van der Waals surface area contributed by atoms with Crippen molar-refractivity contribution >= 4 is 5.97 Å². The highest BCUT2D eigenvalue weighted by Crippen LogP contribution is 2.00. The van der Waals surface area contributed by atoms with Crippen molar-refractivity contribution in [3.05, 3.63) is 12.2 Å². The van der Waals surface area contributed by atoms with E-state index in [1.165, 1.54) is 7.11 Å². The summed E-state index contributed by atoms with van der Waals surface area (Å²) in [7, 11) is 1.34. The average Bonchev–Trinajstić information content (AvgIpc) is 1.98. The van der Waals surface area contributed by atoms with Crippen LogP contribution >= 0.6 is 0 Å². The molecule has 0 spiro atoms. The molecule has 3 nitrogen and oxygen atoms in total. The normalized spacial score (nSPS) is 16.4. The largest absolute Gasteiger partial charge is 0.469 e. The first-order chi connectivity index (χ1) is 5.07. The van der Waals surface area contributed by atoms with E-state index in [0.717, 1.165) is 0 Å². The van der Waals surface area contributed by atoms with Gasteiger partial charge in [-0.25, -0.2) is 0 Å². The molecule has 0 aromatic heterocycles. The van der Waals surface area contributed by atoms with E-state index in [2.05, 4.69) is 4.74 Å². The molecule has 0 aromatic rings. The fraction of sp³-hybridized carbons (Fsp3) is 0.625. The van der Waals surface area contributed by atoms with E-state index in [4.69, 9.17) is 5.11 Å². The topological polar surface area (TPSA) is 46.5 Å². The number of carbonyl (C=O) groups is 1. The van der Waals surface area contributed by atoms with Gasteiger partial charge in [-0.1, -0.05) is 12.2 Å². The molecule has 0 unspecified atom stereocenters. The van der Waals surface area contributed by atoms with E-state index >= 15 is 0 Å². The van der Waals surface area contributed by atoms with Crippen LogP contribution in [0.1, 0.15) is 13.8 Å². The maximum atomic E-state index is 10.8. The molecule has 0 aliphatic rings. The molecule has 0 fully saturated rings. The van der Waals surface area contributed by atoms with Crippen LogP contribution in [0.3, 0.4) is 0 Å². The number of ether oxygens (including phenoxy) is 1. The van der Waals surface area contributed by atoms with E-state index in [1.54, 1.807) is 26.0 Å². The summed E-state index contributed by atoms with van der Waals surface area (Å²) >= 11 is 0. The van der Waals surface area contributed by atoms with Crippen molar-refractivity contribution in [2.45, 2.75) is 20.0 Å². The minimum absolute atomic E-state index is 0.283. The number of hydrogen-bond acceptors (Lipinski definition) is 3. The lowest BCUT2D eigenvalue weighted by Crippen LogP contribution is -2.10. The van der Waals surface area contributed by atoms with Gasteiger partial charge in [0.25, 0.3) is 0 Å². The molecule has 0 saturated heterocycles. The highest BCUT2D eigenvalue weighted by molar-refractivity contribution is 5.73. The molecule has 0 aromatic carbocycles. The molecule has 1 N–H and O–H groups in total. The summed E-state index contributed by atoms with van der Waals surface area (Å²) in [5, 5.41) is 8.82. The first-order valence-electron chi connectivity index (χ1n) is 3.52. The van der Waals surface area contributed by atoms with Crippen molar-refractivity contribution in [3.63, 3.8) is 0 Å². The lowest BCUT2D eigenvalue weighted by molar-refractivity contribution is -0.143. The minimum Gasteiger partial charge on any atom is -0.469 e. The van der Waals surface area contributed by atoms with Gasteiger partial charge in [-0.05, 0) is 13.8 Å². The van der Waals surface area contributed by atoms with E-state index in [0.29, 0.717) is 0 Å². The van der Waals surface area contributed by atoms with Crippen LogP contribution in [0.15, 0.2) is 12.2 Å². The number of hydrogen-bond donors (Lipinski definition) is 1. The second kappa shape index (κ2) is 4.91. The first kappa shape index (κ1) is 10.2. The van der Waals surface area contributed by atoms with Gasteiger partial charge in [0.1, 0.15) is 0 Å². The Hall–Kier alpha value is -0.830. The van der Waals surface area contributed by atoms with Crippen molar-refractivity contribution in [2.75, 3.05) is 7.11 Å². The number of carbonyl (C=O) groups excluding carboxylic acids is 1. The summed E-state index contributed by atoms with van der Waals surface area (Å²) in [5.41, 5.74) is 0. The third-order valence-corrected chi connectivity index (χ3v) is 1.25. The SMILES string of the molecule is COC(=O)[C@H](C)C=C[C@@H](C)O. The Balaban J connectivity index is 3.86. The van der Waals surface area contributed by atoms with Crippen LogP contribution in [0.4, 0.5) is 0 Å². The average molecular weight is 158 g/mol. The molecular formula is C8H14O3. The minimum atomic E-state index is -0.512. The number of methoxy groups -OCH3 is 1. The third kappa shape index (κ3) is 4.56. The predicted molar refractivity (Wildman–Crippen MR) is 42.0 cm³/mol. The Morgan fingerprint density at radius 3 is 2.36 bits per heavy atom. The van der Waals surface area contributed by atoms with Gasteiger partial charge in [-0.3, -0.25) is 4.79 Å². The molecule has 0 bridgehead atoms. The summed E-state index contributed by atoms with van der Waals surface area (Å²) in [6.45, 7) is 3.34. The molecule has 0 saturated carbocycles. The van der Waals surface area contributed by atoms with Crippen LogP contribution in [0.5, 0.6) is 0 Å². The van der Waals surface area contributed by atoms with Gasteiger partial charge in [0.15, 0.2) is 0 Å². The molecule has 0 amide bonds. The number of esters is 1. The van der Waals surface area contributed by atoms with Gasteiger partial charge in [0.05, 0.1) is 19.1 Å². The quantitative estimate of drug-likeness (QED) is 0.486. The van der Waals surface area contributed by atoms with Gasteiger partial charge in [0, 0.05) is 0 Å². The number of rotatable bonds is 3. The van der Waals surface area contributed by atoms with Crippen LogP contribution in [-0.2, 0) is 9.53 Å². The maximum absolute atomic E-state index is 10.8. The molecular weight excluding hydrogens is 144 g/mol. The first-order valence-corrected chi connectivity index (χ1v) is 3.52. The van der Waals surface area contributed by atoms with Crippen molar-refractivity contribution in [2.24, 2.45) is 5.92 Å². The molecule has 64 valence electrons. The van der Waals surface area contributed by atoms with Crippen molar-refractivity contribution in [3.8, 4) is 0 Å². The summed E-state index contributed by atoms with van der Waals surface area (Å²) in [6, 6.07) is 0. The second-order valence-electron chi connectivity index (χ2n) is 2.44. The monoisotopic (exact) mass is 158 g/mol. The molecule has 3 heteroatoms. The van der Waals surface area contributed by atoms with E-state index in [-0.39, 0.29) is 11.9 Å². The predicted octanol–water partition coefficient (Wildman–Crippen LogP) is 0.732. The van der Waals surface area contributed by atoms with Crippen LogP contribution in [0, 0.1) is 5.92 Å². The lowest BCUT2D eigenvalue weighted by atomic mass is 10.1. The van der Waals surface area contributed by atoms with Gasteiger partial charge >= 0.3 is 5.97 Å². The van der Waals surface area contributed by atoms with Gasteiger partial charge in [-0.2, -0.15) is 0 Å². The number of aliphatic hydroxyl groups is 1. The Morgan fingerprint density at radius 1 is 1.45 bits per heavy atom. The third-order valence-electron chi connectivity index (χ3n) is 1.25. The van der Waals surface area contributed by atoms with E-state index in [9.17, 15) is 4.79 Å². The molecule has 0 rings (SSSR count). The fourth-order valence-corrected chi connectivity index (χ4v) is 0.592. The maximum Gasteiger partial charge on any atom is 0.312 e.